The van der Waals surface area contributed by atoms with E-state index >= 15 is 0 Å². The minimum atomic E-state index is 0. The number of nitrogens with zero attached hydrogens (tertiary/aromatic N) is 4. The number of aryl methyl sites for hydroxylation is 1. The van der Waals surface area contributed by atoms with Gasteiger partial charge in [0, 0.05) is 45.3 Å². The maximum Gasteiger partial charge on any atom is 0.191 e. The molecule has 1 aromatic carbocycles. The molecule has 1 saturated heterocycles. The van der Waals surface area contributed by atoms with E-state index in [0.717, 1.165) is 43.0 Å². The van der Waals surface area contributed by atoms with Crippen molar-refractivity contribution in [1.29, 1.82) is 0 Å². The van der Waals surface area contributed by atoms with Gasteiger partial charge in [0.15, 0.2) is 5.96 Å². The van der Waals surface area contributed by atoms with Crippen molar-refractivity contribution in [3.63, 3.8) is 0 Å². The lowest BCUT2D eigenvalue weighted by Gasteiger charge is -2.20. The molecule has 0 spiro atoms. The van der Waals surface area contributed by atoms with Crippen molar-refractivity contribution in [2.24, 2.45) is 10.9 Å². The third kappa shape index (κ3) is 4.56. The number of hydrogen-bond donors (Lipinski definition) is 2. The Morgan fingerprint density at radius 2 is 2.04 bits per heavy atom. The van der Waals surface area contributed by atoms with Crippen LogP contribution in [0.3, 0.4) is 0 Å². The highest BCUT2D eigenvalue weighted by molar-refractivity contribution is 14.0. The van der Waals surface area contributed by atoms with Gasteiger partial charge in [-0.05, 0) is 37.8 Å². The highest BCUT2D eigenvalue weighted by Crippen LogP contribution is 2.31. The van der Waals surface area contributed by atoms with Crippen LogP contribution < -0.4 is 10.6 Å². The summed E-state index contributed by atoms with van der Waals surface area (Å²) >= 11 is 0. The van der Waals surface area contributed by atoms with Crippen molar-refractivity contribution in [1.82, 2.24) is 25.1 Å². The average molecular weight is 482 g/mol. The van der Waals surface area contributed by atoms with Gasteiger partial charge in [0.2, 0.25) is 0 Å². The maximum absolute atomic E-state index is 4.64. The highest BCUT2D eigenvalue weighted by atomic mass is 127. The third-order valence-corrected chi connectivity index (χ3v) is 5.72. The number of rotatable bonds is 5. The van der Waals surface area contributed by atoms with Crippen LogP contribution in [0.25, 0.3) is 11.0 Å². The van der Waals surface area contributed by atoms with Gasteiger partial charge in [-0.15, -0.1) is 24.0 Å². The summed E-state index contributed by atoms with van der Waals surface area (Å²) in [5.74, 6) is 2.62. The predicted molar refractivity (Wildman–Crippen MR) is 122 cm³/mol. The van der Waals surface area contributed by atoms with E-state index in [9.17, 15) is 0 Å². The fourth-order valence-corrected chi connectivity index (χ4v) is 4.06. The molecule has 0 amide bonds. The molecule has 6 nitrogen and oxygen atoms in total. The normalized spacial score (nSPS) is 23.4. The molecule has 27 heavy (non-hydrogen) atoms. The number of likely N-dealkylation sites (tertiary alicyclic amines) is 1. The van der Waals surface area contributed by atoms with Gasteiger partial charge in [-0.3, -0.25) is 9.89 Å². The second-order valence-corrected chi connectivity index (χ2v) is 7.71. The molecule has 1 aromatic heterocycles. The number of imidazole rings is 1. The first-order valence-corrected chi connectivity index (χ1v) is 9.79. The van der Waals surface area contributed by atoms with Crippen molar-refractivity contribution in [3.8, 4) is 0 Å². The summed E-state index contributed by atoms with van der Waals surface area (Å²) in [6.45, 7) is 8.46. The number of aromatic nitrogens is 2. The zero-order valence-electron chi connectivity index (χ0n) is 16.5. The van der Waals surface area contributed by atoms with Crippen LogP contribution in [-0.2, 0) is 6.54 Å². The van der Waals surface area contributed by atoms with Crippen molar-refractivity contribution in [3.05, 3.63) is 30.1 Å². The molecule has 2 heterocycles. The SMILES string of the molecule is CN=C(NCCn1c(C)nc2ccccc21)NC1CN(C2CC2)CC1C.I. The Hall–Kier alpha value is -1.35. The first kappa shape index (κ1) is 20.4. The lowest BCUT2D eigenvalue weighted by molar-refractivity contribution is 0.315. The largest absolute Gasteiger partial charge is 0.355 e. The molecule has 148 valence electrons. The van der Waals surface area contributed by atoms with E-state index in [2.05, 4.69) is 62.1 Å². The number of nitrogens with one attached hydrogen (secondary N) is 2. The van der Waals surface area contributed by atoms with E-state index in [0.29, 0.717) is 12.0 Å². The Morgan fingerprint density at radius 3 is 2.78 bits per heavy atom. The van der Waals surface area contributed by atoms with Crippen LogP contribution in [0.4, 0.5) is 0 Å². The van der Waals surface area contributed by atoms with Gasteiger partial charge in [-0.1, -0.05) is 19.1 Å². The molecule has 2 unspecified atom stereocenters. The lowest BCUT2D eigenvalue weighted by atomic mass is 10.1. The zero-order valence-corrected chi connectivity index (χ0v) is 18.8. The first-order chi connectivity index (χ1) is 12.7. The van der Waals surface area contributed by atoms with Crippen LogP contribution in [0.2, 0.25) is 0 Å². The minimum absolute atomic E-state index is 0. The third-order valence-electron chi connectivity index (χ3n) is 5.72. The molecule has 2 aliphatic rings. The topological polar surface area (TPSA) is 57.5 Å². The van der Waals surface area contributed by atoms with Crippen LogP contribution in [-0.4, -0.2) is 59.2 Å². The van der Waals surface area contributed by atoms with E-state index in [1.165, 1.54) is 24.9 Å². The average Bonchev–Trinajstić information content (AvgIpc) is 3.36. The Kier molecular flexibility index (Phi) is 6.62. The van der Waals surface area contributed by atoms with Gasteiger partial charge in [0.25, 0.3) is 0 Å². The molecule has 2 N–H and O–H groups in total. The fraction of sp³-hybridized carbons (Fsp3) is 0.600. The van der Waals surface area contributed by atoms with E-state index in [1.54, 1.807) is 0 Å². The number of hydrogen-bond acceptors (Lipinski definition) is 3. The molecule has 0 bridgehead atoms. The Morgan fingerprint density at radius 1 is 1.26 bits per heavy atom. The summed E-state index contributed by atoms with van der Waals surface area (Å²) in [5, 5.41) is 7.11. The summed E-state index contributed by atoms with van der Waals surface area (Å²) in [7, 11) is 1.85. The standard InChI is InChI=1S/C20H30N6.HI/c1-14-12-25(16-8-9-16)13-18(14)24-20(21-3)22-10-11-26-15(2)23-17-6-4-5-7-19(17)26;/h4-7,14,16,18H,8-13H2,1-3H3,(H2,21,22,24);1H. The number of benzene rings is 1. The molecule has 2 atom stereocenters. The summed E-state index contributed by atoms with van der Waals surface area (Å²) in [6, 6.07) is 9.64. The van der Waals surface area contributed by atoms with Gasteiger partial charge >= 0.3 is 0 Å². The van der Waals surface area contributed by atoms with Crippen molar-refractivity contribution >= 4 is 41.0 Å². The molecule has 1 saturated carbocycles. The second kappa shape index (κ2) is 8.77. The van der Waals surface area contributed by atoms with Crippen LogP contribution in [0.15, 0.2) is 29.3 Å². The summed E-state index contributed by atoms with van der Waals surface area (Å²) < 4.78 is 2.27. The number of guanidine groups is 1. The fourth-order valence-electron chi connectivity index (χ4n) is 4.06. The van der Waals surface area contributed by atoms with Crippen molar-refractivity contribution in [2.45, 2.75) is 45.3 Å². The van der Waals surface area contributed by atoms with Crippen molar-refractivity contribution < 1.29 is 0 Å². The number of fused-ring (bicyclic) bond motifs is 1. The van der Waals surface area contributed by atoms with Crippen LogP contribution in [0.5, 0.6) is 0 Å². The van der Waals surface area contributed by atoms with Crippen LogP contribution in [0, 0.1) is 12.8 Å². The molecule has 7 heteroatoms. The van der Waals surface area contributed by atoms with E-state index in [-0.39, 0.29) is 24.0 Å². The predicted octanol–water partition coefficient (Wildman–Crippen LogP) is 2.61. The summed E-state index contributed by atoms with van der Waals surface area (Å²) in [5.41, 5.74) is 2.26. The number of aliphatic imine (C=N–C) groups is 1. The monoisotopic (exact) mass is 482 g/mol. The van der Waals surface area contributed by atoms with E-state index < -0.39 is 0 Å². The van der Waals surface area contributed by atoms with Gasteiger partial charge in [-0.2, -0.15) is 0 Å². The molecule has 2 fully saturated rings. The quantitative estimate of drug-likeness (QED) is 0.391. The van der Waals surface area contributed by atoms with Crippen molar-refractivity contribution in [2.75, 3.05) is 26.7 Å². The molecular formula is C20H31IN6. The van der Waals surface area contributed by atoms with Gasteiger partial charge < -0.3 is 15.2 Å². The van der Waals surface area contributed by atoms with E-state index in [1.807, 2.05) is 13.1 Å². The lowest BCUT2D eigenvalue weighted by Crippen LogP contribution is -2.47. The second-order valence-electron chi connectivity index (χ2n) is 7.71. The molecule has 1 aliphatic heterocycles. The van der Waals surface area contributed by atoms with Crippen LogP contribution >= 0.6 is 24.0 Å². The maximum atomic E-state index is 4.64. The Bertz CT molecular complexity index is 797. The summed E-state index contributed by atoms with van der Waals surface area (Å²) in [4.78, 5) is 11.7. The van der Waals surface area contributed by atoms with Gasteiger partial charge in [0.05, 0.1) is 11.0 Å². The molecule has 2 aromatic rings. The number of halogens is 1. The molecule has 0 radical (unpaired) electrons. The van der Waals surface area contributed by atoms with E-state index in [4.69, 9.17) is 0 Å². The molecule has 4 rings (SSSR count). The number of para-hydroxylation sites is 2. The Balaban J connectivity index is 0.00000210. The minimum Gasteiger partial charge on any atom is -0.355 e. The molecule has 1 aliphatic carbocycles. The Labute approximate surface area is 178 Å². The first-order valence-electron chi connectivity index (χ1n) is 9.79. The highest BCUT2D eigenvalue weighted by Gasteiger charge is 2.38. The van der Waals surface area contributed by atoms with Crippen LogP contribution in [0.1, 0.15) is 25.6 Å². The molecular weight excluding hydrogens is 451 g/mol. The van der Waals surface area contributed by atoms with Gasteiger partial charge in [-0.25, -0.2) is 4.98 Å². The summed E-state index contributed by atoms with van der Waals surface area (Å²) in [6.07, 6.45) is 2.76. The zero-order chi connectivity index (χ0) is 18.1. The van der Waals surface area contributed by atoms with Gasteiger partial charge in [0.1, 0.15) is 5.82 Å². The smallest absolute Gasteiger partial charge is 0.191 e.